The molecular weight excluding hydrogens is 245 g/mol. The highest BCUT2D eigenvalue weighted by molar-refractivity contribution is 5.34. The summed E-state index contributed by atoms with van der Waals surface area (Å²) < 4.78 is 24.2. The summed E-state index contributed by atoms with van der Waals surface area (Å²) in [6.07, 6.45) is 0.855. The molecule has 1 unspecified atom stereocenters. The van der Waals surface area contributed by atoms with Crippen molar-refractivity contribution in [3.63, 3.8) is 0 Å². The van der Waals surface area contributed by atoms with E-state index >= 15 is 0 Å². The zero-order chi connectivity index (χ0) is 14.3. The molecule has 1 N–H and O–H groups in total. The number of halogens is 1. The second kappa shape index (κ2) is 8.12. The van der Waals surface area contributed by atoms with Gasteiger partial charge in [-0.3, -0.25) is 0 Å². The molecule has 0 aromatic heterocycles. The monoisotopic (exact) mass is 269 g/mol. The van der Waals surface area contributed by atoms with E-state index in [-0.39, 0.29) is 11.9 Å². The Labute approximate surface area is 115 Å². The van der Waals surface area contributed by atoms with E-state index in [9.17, 15) is 4.39 Å². The molecule has 19 heavy (non-hydrogen) atoms. The number of methoxy groups -OCH3 is 1. The Morgan fingerprint density at radius 3 is 2.63 bits per heavy atom. The fraction of sp³-hybridized carbons (Fsp3) is 0.600. The van der Waals surface area contributed by atoms with Gasteiger partial charge in [-0.05, 0) is 25.1 Å². The van der Waals surface area contributed by atoms with Crippen LogP contribution in [0.2, 0.25) is 0 Å². The molecule has 1 rings (SSSR count). The van der Waals surface area contributed by atoms with Crippen LogP contribution in [0.25, 0.3) is 0 Å². The summed E-state index contributed by atoms with van der Waals surface area (Å²) in [6, 6.07) is 4.99. The molecule has 0 bridgehead atoms. The molecule has 0 fully saturated rings. The van der Waals surface area contributed by atoms with Crippen LogP contribution in [0, 0.1) is 5.82 Å². The van der Waals surface area contributed by atoms with Crippen LogP contribution in [0.5, 0.6) is 5.75 Å². The maximum atomic E-state index is 13.3. The lowest BCUT2D eigenvalue weighted by Gasteiger charge is -2.18. The number of hydrogen-bond acceptors (Lipinski definition) is 3. The van der Waals surface area contributed by atoms with E-state index in [0.29, 0.717) is 19.2 Å². The normalized spacial score (nSPS) is 12.7. The summed E-state index contributed by atoms with van der Waals surface area (Å²) >= 11 is 0. The molecule has 108 valence electrons. The SMILES string of the molecule is COCCC(C)Oc1ccc(F)cc1CNC(C)C. The topological polar surface area (TPSA) is 30.5 Å². The third kappa shape index (κ3) is 6.03. The van der Waals surface area contributed by atoms with E-state index < -0.39 is 0 Å². The van der Waals surface area contributed by atoms with Gasteiger partial charge in [0.15, 0.2) is 0 Å². The van der Waals surface area contributed by atoms with Gasteiger partial charge >= 0.3 is 0 Å². The average molecular weight is 269 g/mol. The summed E-state index contributed by atoms with van der Waals surface area (Å²) in [5.74, 6) is 0.496. The Balaban J connectivity index is 2.69. The van der Waals surface area contributed by atoms with Crippen molar-refractivity contribution in [2.75, 3.05) is 13.7 Å². The molecule has 0 spiro atoms. The molecule has 0 aliphatic carbocycles. The molecule has 1 atom stereocenters. The van der Waals surface area contributed by atoms with Crippen molar-refractivity contribution in [1.82, 2.24) is 5.32 Å². The van der Waals surface area contributed by atoms with E-state index in [1.807, 2.05) is 6.92 Å². The Morgan fingerprint density at radius 2 is 2.00 bits per heavy atom. The first kappa shape index (κ1) is 15.9. The second-order valence-corrected chi connectivity index (χ2v) is 5.00. The fourth-order valence-corrected chi connectivity index (χ4v) is 1.67. The van der Waals surface area contributed by atoms with E-state index in [2.05, 4.69) is 19.2 Å². The van der Waals surface area contributed by atoms with Crippen molar-refractivity contribution in [3.8, 4) is 5.75 Å². The molecule has 1 aromatic carbocycles. The summed E-state index contributed by atoms with van der Waals surface area (Å²) in [6.45, 7) is 7.35. The van der Waals surface area contributed by atoms with Gasteiger partial charge in [0.25, 0.3) is 0 Å². The van der Waals surface area contributed by atoms with Crippen molar-refractivity contribution in [2.24, 2.45) is 0 Å². The molecule has 0 saturated carbocycles. The quantitative estimate of drug-likeness (QED) is 0.786. The summed E-state index contributed by atoms with van der Waals surface area (Å²) in [4.78, 5) is 0. The van der Waals surface area contributed by atoms with Gasteiger partial charge in [-0.1, -0.05) is 13.8 Å². The fourth-order valence-electron chi connectivity index (χ4n) is 1.67. The van der Waals surface area contributed by atoms with E-state index in [1.165, 1.54) is 12.1 Å². The van der Waals surface area contributed by atoms with Crippen LogP contribution >= 0.6 is 0 Å². The summed E-state index contributed by atoms with van der Waals surface area (Å²) in [5.41, 5.74) is 0.845. The first-order valence-corrected chi connectivity index (χ1v) is 6.70. The number of hydrogen-bond donors (Lipinski definition) is 1. The Bertz CT molecular complexity index is 382. The van der Waals surface area contributed by atoms with Crippen LogP contribution < -0.4 is 10.1 Å². The molecule has 4 heteroatoms. The van der Waals surface area contributed by atoms with Gasteiger partial charge < -0.3 is 14.8 Å². The second-order valence-electron chi connectivity index (χ2n) is 5.00. The Kier molecular flexibility index (Phi) is 6.81. The lowest BCUT2D eigenvalue weighted by atomic mass is 10.1. The van der Waals surface area contributed by atoms with Crippen molar-refractivity contribution in [2.45, 2.75) is 45.9 Å². The molecular formula is C15H24FNO2. The lowest BCUT2D eigenvalue weighted by molar-refractivity contribution is 0.134. The Hall–Kier alpha value is -1.13. The molecule has 0 aliphatic heterocycles. The number of ether oxygens (including phenoxy) is 2. The van der Waals surface area contributed by atoms with E-state index in [4.69, 9.17) is 9.47 Å². The largest absolute Gasteiger partial charge is 0.490 e. The number of nitrogens with one attached hydrogen (secondary N) is 1. The van der Waals surface area contributed by atoms with Crippen LogP contribution in [-0.4, -0.2) is 25.9 Å². The standard InChI is InChI=1S/C15H24FNO2/c1-11(2)17-10-13-9-14(16)5-6-15(13)19-12(3)7-8-18-4/h5-6,9,11-12,17H,7-8,10H2,1-4H3. The predicted octanol–water partition coefficient (Wildman–Crippen LogP) is 3.13. The minimum absolute atomic E-state index is 0.0446. The van der Waals surface area contributed by atoms with Gasteiger partial charge in [0.2, 0.25) is 0 Å². The molecule has 0 amide bonds. The summed E-state index contributed by atoms with van der Waals surface area (Å²) in [5, 5.41) is 3.27. The molecule has 3 nitrogen and oxygen atoms in total. The smallest absolute Gasteiger partial charge is 0.124 e. The minimum Gasteiger partial charge on any atom is -0.490 e. The predicted molar refractivity (Wildman–Crippen MR) is 75.0 cm³/mol. The lowest BCUT2D eigenvalue weighted by Crippen LogP contribution is -2.23. The van der Waals surface area contributed by atoms with Gasteiger partial charge in [0, 0.05) is 38.3 Å². The van der Waals surface area contributed by atoms with Crippen molar-refractivity contribution >= 4 is 0 Å². The van der Waals surface area contributed by atoms with Gasteiger partial charge in [-0.2, -0.15) is 0 Å². The first-order chi connectivity index (χ1) is 9.02. The molecule has 1 aromatic rings. The van der Waals surface area contributed by atoms with Crippen molar-refractivity contribution in [3.05, 3.63) is 29.6 Å². The zero-order valence-corrected chi connectivity index (χ0v) is 12.2. The zero-order valence-electron chi connectivity index (χ0n) is 12.2. The third-order valence-electron chi connectivity index (χ3n) is 2.78. The van der Waals surface area contributed by atoms with E-state index in [1.54, 1.807) is 13.2 Å². The highest BCUT2D eigenvalue weighted by atomic mass is 19.1. The van der Waals surface area contributed by atoms with Gasteiger partial charge in [0.1, 0.15) is 11.6 Å². The van der Waals surface area contributed by atoms with Crippen LogP contribution in [0.1, 0.15) is 32.8 Å². The summed E-state index contributed by atoms with van der Waals surface area (Å²) in [7, 11) is 1.67. The van der Waals surface area contributed by atoms with Crippen molar-refractivity contribution < 1.29 is 13.9 Å². The number of rotatable bonds is 8. The first-order valence-electron chi connectivity index (χ1n) is 6.70. The highest BCUT2D eigenvalue weighted by Gasteiger charge is 2.10. The maximum absolute atomic E-state index is 13.3. The number of benzene rings is 1. The molecule has 0 saturated heterocycles. The molecule has 0 aliphatic rings. The molecule has 0 radical (unpaired) electrons. The van der Waals surface area contributed by atoms with Crippen LogP contribution in [0.4, 0.5) is 4.39 Å². The average Bonchev–Trinajstić information content (AvgIpc) is 2.36. The van der Waals surface area contributed by atoms with Gasteiger partial charge in [0.05, 0.1) is 6.10 Å². The Morgan fingerprint density at radius 1 is 1.26 bits per heavy atom. The van der Waals surface area contributed by atoms with Crippen LogP contribution in [-0.2, 0) is 11.3 Å². The van der Waals surface area contributed by atoms with Crippen LogP contribution in [0.3, 0.4) is 0 Å². The molecule has 0 heterocycles. The van der Waals surface area contributed by atoms with Gasteiger partial charge in [-0.25, -0.2) is 4.39 Å². The maximum Gasteiger partial charge on any atom is 0.124 e. The minimum atomic E-state index is -0.238. The van der Waals surface area contributed by atoms with Gasteiger partial charge in [-0.15, -0.1) is 0 Å². The third-order valence-corrected chi connectivity index (χ3v) is 2.78. The van der Waals surface area contributed by atoms with Crippen molar-refractivity contribution in [1.29, 1.82) is 0 Å². The van der Waals surface area contributed by atoms with E-state index in [0.717, 1.165) is 17.7 Å². The highest BCUT2D eigenvalue weighted by Crippen LogP contribution is 2.21. The van der Waals surface area contributed by atoms with Crippen LogP contribution in [0.15, 0.2) is 18.2 Å².